The van der Waals surface area contributed by atoms with Crippen LogP contribution in [0.3, 0.4) is 0 Å². The third kappa shape index (κ3) is 6.84. The first-order chi connectivity index (χ1) is 7.43. The van der Waals surface area contributed by atoms with Gasteiger partial charge in [-0.2, -0.15) is 0 Å². The van der Waals surface area contributed by atoms with E-state index in [0.717, 1.165) is 32.7 Å². The fraction of sp³-hybridized carbons (Fsp3) is 1.00. The molecule has 0 aromatic rings. The van der Waals surface area contributed by atoms with Gasteiger partial charge >= 0.3 is 0 Å². The highest BCUT2D eigenvalue weighted by atomic mass is 16.5. The van der Waals surface area contributed by atoms with Crippen LogP contribution in [0.25, 0.3) is 0 Å². The molecule has 4 nitrogen and oxygen atoms in total. The van der Waals surface area contributed by atoms with Gasteiger partial charge in [-0.25, -0.2) is 0 Å². The van der Waals surface area contributed by atoms with E-state index in [1.807, 2.05) is 0 Å². The molecular weight excluding hydrogens is 192 g/mol. The third-order valence-corrected chi connectivity index (χ3v) is 2.65. The van der Waals surface area contributed by atoms with Crippen LogP contribution in [-0.2, 0) is 9.47 Å². The number of nitrogens with one attached hydrogen (secondary N) is 1. The van der Waals surface area contributed by atoms with Gasteiger partial charge in [0, 0.05) is 39.9 Å². The van der Waals surface area contributed by atoms with E-state index in [1.54, 1.807) is 7.11 Å². The topological polar surface area (TPSA) is 33.7 Å². The Morgan fingerprint density at radius 1 is 1.07 bits per heavy atom. The first-order valence-corrected chi connectivity index (χ1v) is 5.93. The van der Waals surface area contributed by atoms with Crippen molar-refractivity contribution in [3.05, 3.63) is 0 Å². The predicted molar refractivity (Wildman–Crippen MR) is 61.2 cm³/mol. The summed E-state index contributed by atoms with van der Waals surface area (Å²) in [6, 6.07) is 0. The molecule has 0 radical (unpaired) electrons. The fourth-order valence-corrected chi connectivity index (χ4v) is 1.72. The van der Waals surface area contributed by atoms with Gasteiger partial charge in [0.05, 0.1) is 13.2 Å². The number of hydrogen-bond acceptors (Lipinski definition) is 4. The number of piperazine rings is 1. The average Bonchev–Trinajstić information content (AvgIpc) is 2.29. The van der Waals surface area contributed by atoms with E-state index in [0.29, 0.717) is 6.61 Å². The lowest BCUT2D eigenvalue weighted by Gasteiger charge is -2.26. The summed E-state index contributed by atoms with van der Waals surface area (Å²) in [6.45, 7) is 8.20. The van der Waals surface area contributed by atoms with E-state index in [-0.39, 0.29) is 0 Å². The molecule has 4 heteroatoms. The zero-order valence-electron chi connectivity index (χ0n) is 9.83. The molecule has 1 aliphatic rings. The fourth-order valence-electron chi connectivity index (χ4n) is 1.72. The van der Waals surface area contributed by atoms with E-state index in [4.69, 9.17) is 9.47 Å². The van der Waals surface area contributed by atoms with Crippen molar-refractivity contribution in [1.29, 1.82) is 0 Å². The molecule has 0 aromatic heterocycles. The molecule has 0 saturated carbocycles. The van der Waals surface area contributed by atoms with Gasteiger partial charge in [0.1, 0.15) is 0 Å². The summed E-state index contributed by atoms with van der Waals surface area (Å²) in [5.41, 5.74) is 0. The van der Waals surface area contributed by atoms with Crippen LogP contribution < -0.4 is 5.32 Å². The second-order valence-electron chi connectivity index (χ2n) is 3.90. The summed E-state index contributed by atoms with van der Waals surface area (Å²) in [7, 11) is 1.70. The number of unbranched alkanes of at least 4 members (excludes halogenated alkanes) is 1. The first-order valence-electron chi connectivity index (χ1n) is 5.93. The molecule has 1 fully saturated rings. The molecule has 0 spiro atoms. The van der Waals surface area contributed by atoms with E-state index in [2.05, 4.69) is 10.2 Å². The summed E-state index contributed by atoms with van der Waals surface area (Å²) >= 11 is 0. The van der Waals surface area contributed by atoms with Crippen molar-refractivity contribution in [3.8, 4) is 0 Å². The largest absolute Gasteiger partial charge is 0.382 e. The Labute approximate surface area is 92.9 Å². The van der Waals surface area contributed by atoms with E-state index in [1.165, 1.54) is 26.1 Å². The van der Waals surface area contributed by atoms with Gasteiger partial charge in [0.15, 0.2) is 0 Å². The van der Waals surface area contributed by atoms with Crippen LogP contribution in [0.1, 0.15) is 12.8 Å². The van der Waals surface area contributed by atoms with E-state index < -0.39 is 0 Å². The first kappa shape index (κ1) is 12.9. The molecule has 0 bridgehead atoms. The van der Waals surface area contributed by atoms with Crippen molar-refractivity contribution in [3.63, 3.8) is 0 Å². The Kier molecular flexibility index (Phi) is 7.83. The molecule has 1 saturated heterocycles. The molecule has 15 heavy (non-hydrogen) atoms. The van der Waals surface area contributed by atoms with Gasteiger partial charge in [-0.3, -0.25) is 0 Å². The highest BCUT2D eigenvalue weighted by molar-refractivity contribution is 4.66. The minimum atomic E-state index is 0.706. The normalized spacial score (nSPS) is 18.2. The standard InChI is InChI=1S/C11H24N2O2/c1-14-10-11-15-9-3-2-6-13-7-4-12-5-8-13/h12H,2-11H2,1H3. The second kappa shape index (κ2) is 9.09. The molecule has 1 rings (SSSR count). The Bertz CT molecular complexity index is 139. The smallest absolute Gasteiger partial charge is 0.0700 e. The molecule has 0 aliphatic carbocycles. The number of rotatable bonds is 8. The van der Waals surface area contributed by atoms with Gasteiger partial charge in [0.25, 0.3) is 0 Å². The zero-order chi connectivity index (χ0) is 10.8. The minimum Gasteiger partial charge on any atom is -0.382 e. The summed E-state index contributed by atoms with van der Waals surface area (Å²) < 4.78 is 10.3. The lowest BCUT2D eigenvalue weighted by atomic mass is 10.3. The summed E-state index contributed by atoms with van der Waals surface area (Å²) in [5, 5.41) is 3.36. The van der Waals surface area contributed by atoms with Crippen molar-refractivity contribution < 1.29 is 9.47 Å². The van der Waals surface area contributed by atoms with Crippen LogP contribution in [0.2, 0.25) is 0 Å². The van der Waals surface area contributed by atoms with Gasteiger partial charge in [-0.1, -0.05) is 0 Å². The minimum absolute atomic E-state index is 0.706. The van der Waals surface area contributed by atoms with Crippen LogP contribution in [0, 0.1) is 0 Å². The zero-order valence-corrected chi connectivity index (χ0v) is 9.83. The highest BCUT2D eigenvalue weighted by Gasteiger charge is 2.07. The molecule has 0 aromatic carbocycles. The van der Waals surface area contributed by atoms with Crippen LogP contribution >= 0.6 is 0 Å². The Morgan fingerprint density at radius 3 is 2.60 bits per heavy atom. The van der Waals surface area contributed by atoms with Crippen molar-refractivity contribution in [2.24, 2.45) is 0 Å². The number of methoxy groups -OCH3 is 1. The van der Waals surface area contributed by atoms with Crippen molar-refractivity contribution in [2.45, 2.75) is 12.8 Å². The summed E-state index contributed by atoms with van der Waals surface area (Å²) in [5.74, 6) is 0. The van der Waals surface area contributed by atoms with Crippen LogP contribution in [0.4, 0.5) is 0 Å². The van der Waals surface area contributed by atoms with Crippen LogP contribution in [-0.4, -0.2) is 64.6 Å². The maximum atomic E-state index is 5.41. The van der Waals surface area contributed by atoms with E-state index in [9.17, 15) is 0 Å². The number of ether oxygens (including phenoxy) is 2. The number of nitrogens with zero attached hydrogens (tertiary/aromatic N) is 1. The third-order valence-electron chi connectivity index (χ3n) is 2.65. The lowest BCUT2D eigenvalue weighted by molar-refractivity contribution is 0.0674. The Balaban J connectivity index is 1.79. The highest BCUT2D eigenvalue weighted by Crippen LogP contribution is 1.97. The summed E-state index contributed by atoms with van der Waals surface area (Å²) in [6.07, 6.45) is 2.40. The predicted octanol–water partition coefficient (Wildman–Crippen LogP) is 0.335. The van der Waals surface area contributed by atoms with Crippen molar-refractivity contribution in [1.82, 2.24) is 10.2 Å². The molecular formula is C11H24N2O2. The molecule has 1 N–H and O–H groups in total. The molecule has 1 aliphatic heterocycles. The average molecular weight is 216 g/mol. The molecule has 0 unspecified atom stereocenters. The van der Waals surface area contributed by atoms with Crippen LogP contribution in [0.15, 0.2) is 0 Å². The van der Waals surface area contributed by atoms with Gasteiger partial charge in [-0.05, 0) is 19.4 Å². The number of hydrogen-bond donors (Lipinski definition) is 1. The van der Waals surface area contributed by atoms with E-state index >= 15 is 0 Å². The van der Waals surface area contributed by atoms with Crippen molar-refractivity contribution in [2.75, 3.05) is 59.7 Å². The molecule has 1 heterocycles. The monoisotopic (exact) mass is 216 g/mol. The Hall–Kier alpha value is -0.160. The van der Waals surface area contributed by atoms with Gasteiger partial charge in [-0.15, -0.1) is 0 Å². The maximum Gasteiger partial charge on any atom is 0.0700 e. The maximum absolute atomic E-state index is 5.41. The Morgan fingerprint density at radius 2 is 1.87 bits per heavy atom. The second-order valence-corrected chi connectivity index (χ2v) is 3.90. The summed E-state index contributed by atoms with van der Waals surface area (Å²) in [4.78, 5) is 2.52. The molecule has 0 amide bonds. The van der Waals surface area contributed by atoms with Gasteiger partial charge < -0.3 is 19.7 Å². The SMILES string of the molecule is COCCOCCCCN1CCNCC1. The van der Waals surface area contributed by atoms with Gasteiger partial charge in [0.2, 0.25) is 0 Å². The van der Waals surface area contributed by atoms with Crippen LogP contribution in [0.5, 0.6) is 0 Å². The molecule has 0 atom stereocenters. The quantitative estimate of drug-likeness (QED) is 0.593. The lowest BCUT2D eigenvalue weighted by Crippen LogP contribution is -2.43. The van der Waals surface area contributed by atoms with Crippen molar-refractivity contribution >= 4 is 0 Å². The molecule has 90 valence electrons.